The maximum absolute atomic E-state index is 11.4. The summed E-state index contributed by atoms with van der Waals surface area (Å²) in [6.45, 7) is 4.65. The van der Waals surface area contributed by atoms with Crippen molar-refractivity contribution >= 4 is 16.5 Å². The van der Waals surface area contributed by atoms with Crippen LogP contribution in [0.4, 0.5) is 5.69 Å². The van der Waals surface area contributed by atoms with Crippen molar-refractivity contribution in [2.24, 2.45) is 0 Å². The van der Waals surface area contributed by atoms with Crippen LogP contribution in [0.2, 0.25) is 0 Å². The van der Waals surface area contributed by atoms with Gasteiger partial charge >= 0.3 is 0 Å². The first kappa shape index (κ1) is 17.3. The number of rotatable bonds is 7. The first-order valence-corrected chi connectivity index (χ1v) is 9.06. The summed E-state index contributed by atoms with van der Waals surface area (Å²) < 4.78 is 22.5. The molecule has 2 rings (SSSR count). The minimum atomic E-state index is -0.949. The molecule has 0 radical (unpaired) electrons. The van der Waals surface area contributed by atoms with Gasteiger partial charge < -0.3 is 14.8 Å². The van der Waals surface area contributed by atoms with E-state index in [1.165, 1.54) is 0 Å². The maximum Gasteiger partial charge on any atom is 0.143 e. The maximum atomic E-state index is 11.4. The van der Waals surface area contributed by atoms with Crippen molar-refractivity contribution in [3.63, 3.8) is 0 Å². The van der Waals surface area contributed by atoms with Gasteiger partial charge in [-0.1, -0.05) is 12.1 Å². The summed E-state index contributed by atoms with van der Waals surface area (Å²) in [7, 11) is 0.696. The Labute approximate surface area is 140 Å². The molecule has 0 fully saturated rings. The number of hydrogen-bond acceptors (Lipinski definition) is 4. The zero-order chi connectivity index (χ0) is 16.8. The van der Waals surface area contributed by atoms with Crippen LogP contribution in [0.3, 0.4) is 0 Å². The van der Waals surface area contributed by atoms with Crippen LogP contribution in [0.1, 0.15) is 19.4 Å². The molecule has 0 amide bonds. The molecule has 0 aliphatic rings. The summed E-state index contributed by atoms with van der Waals surface area (Å²) in [5, 5.41) is 3.38. The molecule has 1 atom stereocenters. The highest BCUT2D eigenvalue weighted by Gasteiger charge is 2.08. The molecule has 23 heavy (non-hydrogen) atoms. The van der Waals surface area contributed by atoms with E-state index < -0.39 is 10.8 Å². The number of hydrogen-bond donors (Lipinski definition) is 1. The van der Waals surface area contributed by atoms with Crippen LogP contribution in [0.15, 0.2) is 47.4 Å². The highest BCUT2D eigenvalue weighted by atomic mass is 32.2. The van der Waals surface area contributed by atoms with Gasteiger partial charge in [-0.05, 0) is 43.7 Å². The monoisotopic (exact) mass is 333 g/mol. The lowest BCUT2D eigenvalue weighted by atomic mass is 10.2. The lowest BCUT2D eigenvalue weighted by molar-refractivity contribution is 0.243. The first-order valence-electron chi connectivity index (χ1n) is 7.50. The van der Waals surface area contributed by atoms with E-state index >= 15 is 0 Å². The Morgan fingerprint density at radius 1 is 1.13 bits per heavy atom. The summed E-state index contributed by atoms with van der Waals surface area (Å²) in [5.41, 5.74) is 2.00. The molecule has 4 nitrogen and oxygen atoms in total. The van der Waals surface area contributed by atoms with Gasteiger partial charge in [-0.3, -0.25) is 4.21 Å². The highest BCUT2D eigenvalue weighted by Crippen LogP contribution is 2.30. The molecule has 5 heteroatoms. The topological polar surface area (TPSA) is 47.6 Å². The van der Waals surface area contributed by atoms with Crippen molar-refractivity contribution in [2.75, 3.05) is 18.7 Å². The van der Waals surface area contributed by atoms with Crippen molar-refractivity contribution in [1.29, 1.82) is 0 Å². The van der Waals surface area contributed by atoms with Crippen LogP contribution in [0.25, 0.3) is 0 Å². The Hall–Kier alpha value is -2.01. The summed E-state index contributed by atoms with van der Waals surface area (Å²) >= 11 is 0. The van der Waals surface area contributed by atoms with E-state index in [1.54, 1.807) is 13.4 Å². The van der Waals surface area contributed by atoms with Gasteiger partial charge in [0.15, 0.2) is 0 Å². The lowest BCUT2D eigenvalue weighted by Gasteiger charge is -2.16. The van der Waals surface area contributed by atoms with Crippen molar-refractivity contribution in [3.05, 3.63) is 48.0 Å². The second-order valence-corrected chi connectivity index (χ2v) is 6.86. The van der Waals surface area contributed by atoms with Crippen LogP contribution >= 0.6 is 0 Å². The third kappa shape index (κ3) is 4.99. The Balaban J connectivity index is 2.13. The molecule has 2 aromatic carbocycles. The number of ether oxygens (including phenoxy) is 2. The Kier molecular flexibility index (Phi) is 6.04. The van der Waals surface area contributed by atoms with E-state index in [-0.39, 0.29) is 6.10 Å². The minimum Gasteiger partial charge on any atom is -0.497 e. The first-order chi connectivity index (χ1) is 11.0. The predicted molar refractivity (Wildman–Crippen MR) is 94.9 cm³/mol. The minimum absolute atomic E-state index is 0.0998. The zero-order valence-electron chi connectivity index (χ0n) is 14.0. The van der Waals surface area contributed by atoms with Gasteiger partial charge in [0.05, 0.1) is 18.9 Å². The third-order valence-corrected chi connectivity index (χ3v) is 4.22. The molecule has 2 aromatic rings. The average molecular weight is 333 g/mol. The number of nitrogens with one attached hydrogen (secondary N) is 1. The Bertz CT molecular complexity index is 668. The number of methoxy groups -OCH3 is 1. The smallest absolute Gasteiger partial charge is 0.143 e. The quantitative estimate of drug-likeness (QED) is 0.836. The second-order valence-electron chi connectivity index (χ2n) is 5.48. The molecule has 0 heterocycles. The summed E-state index contributed by atoms with van der Waals surface area (Å²) in [5.74, 6) is 1.58. The van der Waals surface area contributed by atoms with E-state index in [0.717, 1.165) is 27.6 Å². The average Bonchev–Trinajstić information content (AvgIpc) is 2.53. The van der Waals surface area contributed by atoms with E-state index in [9.17, 15) is 4.21 Å². The number of anilines is 1. The van der Waals surface area contributed by atoms with Crippen LogP contribution in [-0.2, 0) is 17.3 Å². The molecule has 124 valence electrons. The Morgan fingerprint density at radius 2 is 1.83 bits per heavy atom. The molecule has 0 saturated heterocycles. The SMILES string of the molecule is COc1ccc(OC(C)C)c(NCc2ccc([S@](C)=O)cc2)c1. The van der Waals surface area contributed by atoms with Gasteiger partial charge in [-0.2, -0.15) is 0 Å². The van der Waals surface area contributed by atoms with Gasteiger partial charge in [0.25, 0.3) is 0 Å². The van der Waals surface area contributed by atoms with Gasteiger partial charge in [0.1, 0.15) is 11.5 Å². The molecule has 0 spiro atoms. The van der Waals surface area contributed by atoms with Crippen molar-refractivity contribution < 1.29 is 13.7 Å². The molecule has 0 bridgehead atoms. The van der Waals surface area contributed by atoms with Crippen molar-refractivity contribution in [1.82, 2.24) is 0 Å². The highest BCUT2D eigenvalue weighted by molar-refractivity contribution is 7.84. The largest absolute Gasteiger partial charge is 0.497 e. The fourth-order valence-corrected chi connectivity index (χ4v) is 2.65. The molecule has 0 unspecified atom stereocenters. The van der Waals surface area contributed by atoms with Crippen LogP contribution in [0, 0.1) is 0 Å². The van der Waals surface area contributed by atoms with Gasteiger partial charge in [0.2, 0.25) is 0 Å². The van der Waals surface area contributed by atoms with Crippen LogP contribution < -0.4 is 14.8 Å². The molecule has 0 aliphatic carbocycles. The fraction of sp³-hybridized carbons (Fsp3) is 0.333. The zero-order valence-corrected chi connectivity index (χ0v) is 14.8. The van der Waals surface area contributed by atoms with E-state index in [1.807, 2.05) is 56.3 Å². The fourth-order valence-electron chi connectivity index (χ4n) is 2.13. The molecule has 0 aromatic heterocycles. The number of benzene rings is 2. The van der Waals surface area contributed by atoms with Gasteiger partial charge in [0, 0.05) is 34.6 Å². The summed E-state index contributed by atoms with van der Waals surface area (Å²) in [6, 6.07) is 13.5. The van der Waals surface area contributed by atoms with Crippen LogP contribution in [0.5, 0.6) is 11.5 Å². The second kappa shape index (κ2) is 8.02. The third-order valence-electron chi connectivity index (χ3n) is 3.29. The van der Waals surface area contributed by atoms with Crippen molar-refractivity contribution in [2.45, 2.75) is 31.4 Å². The predicted octanol–water partition coefficient (Wildman–Crippen LogP) is 3.83. The summed E-state index contributed by atoms with van der Waals surface area (Å²) in [6.07, 6.45) is 1.78. The molecular formula is C18H23NO3S. The van der Waals surface area contributed by atoms with E-state index in [2.05, 4.69) is 5.32 Å². The molecule has 0 saturated carbocycles. The van der Waals surface area contributed by atoms with Gasteiger partial charge in [-0.25, -0.2) is 0 Å². The van der Waals surface area contributed by atoms with Gasteiger partial charge in [-0.15, -0.1) is 0 Å². The van der Waals surface area contributed by atoms with Crippen molar-refractivity contribution in [3.8, 4) is 11.5 Å². The Morgan fingerprint density at radius 3 is 2.39 bits per heavy atom. The standard InChI is InChI=1S/C18H23NO3S/c1-13(2)22-18-10-7-15(21-3)11-17(18)19-12-14-5-8-16(9-6-14)23(4)20/h5-11,13,19H,12H2,1-4H3/t23-/m0/s1. The summed E-state index contributed by atoms with van der Waals surface area (Å²) in [4.78, 5) is 0.832. The van der Waals surface area contributed by atoms with E-state index in [4.69, 9.17) is 9.47 Å². The molecule has 1 N–H and O–H groups in total. The lowest BCUT2D eigenvalue weighted by Crippen LogP contribution is -2.09. The normalized spacial score (nSPS) is 12.0. The van der Waals surface area contributed by atoms with Crippen LogP contribution in [-0.4, -0.2) is 23.7 Å². The molecule has 0 aliphatic heterocycles. The molecular weight excluding hydrogens is 310 g/mol. The van der Waals surface area contributed by atoms with E-state index in [0.29, 0.717) is 6.54 Å².